The van der Waals surface area contributed by atoms with E-state index in [0.29, 0.717) is 17.4 Å². The SMILES string of the molecule is CCOC(=O)c1cc(C2=C(c3cc(Cl)ccc3OCc3ccc(F)cc3)CCC2)cnn1. The lowest BCUT2D eigenvalue weighted by atomic mass is 9.97. The summed E-state index contributed by atoms with van der Waals surface area (Å²) >= 11 is 6.32. The van der Waals surface area contributed by atoms with Gasteiger partial charge in [-0.25, -0.2) is 9.18 Å². The molecule has 32 heavy (non-hydrogen) atoms. The largest absolute Gasteiger partial charge is 0.488 e. The number of nitrogens with zero attached hydrogens (tertiary/aromatic N) is 2. The van der Waals surface area contributed by atoms with Crippen molar-refractivity contribution in [2.24, 2.45) is 0 Å². The molecule has 7 heteroatoms. The molecular weight excluding hydrogens is 431 g/mol. The third-order valence-corrected chi connectivity index (χ3v) is 5.51. The standard InChI is InChI=1S/C25H22ClFN2O3/c1-2-31-25(30)23-12-17(14-28-29-23)20-4-3-5-21(20)22-13-18(26)8-11-24(22)32-15-16-6-9-19(27)10-7-16/h6-14H,2-5,15H2,1H3. The van der Waals surface area contributed by atoms with E-state index in [1.165, 1.54) is 12.1 Å². The van der Waals surface area contributed by atoms with Crippen LogP contribution in [0.4, 0.5) is 4.39 Å². The molecule has 4 rings (SSSR count). The van der Waals surface area contributed by atoms with Crippen LogP contribution >= 0.6 is 11.6 Å². The van der Waals surface area contributed by atoms with Gasteiger partial charge in [-0.15, -0.1) is 5.10 Å². The molecule has 3 aromatic rings. The van der Waals surface area contributed by atoms with Gasteiger partial charge in [0, 0.05) is 16.1 Å². The number of benzene rings is 2. The lowest BCUT2D eigenvalue weighted by molar-refractivity contribution is 0.0518. The smallest absolute Gasteiger partial charge is 0.358 e. The van der Waals surface area contributed by atoms with Gasteiger partial charge in [-0.2, -0.15) is 5.10 Å². The molecule has 0 aliphatic heterocycles. The van der Waals surface area contributed by atoms with Crippen LogP contribution in [0.25, 0.3) is 11.1 Å². The van der Waals surface area contributed by atoms with E-state index in [4.69, 9.17) is 21.1 Å². The Bertz CT molecular complexity index is 1160. The first-order chi connectivity index (χ1) is 15.5. The predicted octanol–water partition coefficient (Wildman–Crippen LogP) is 6.12. The fourth-order valence-electron chi connectivity index (χ4n) is 3.80. The summed E-state index contributed by atoms with van der Waals surface area (Å²) in [6.45, 7) is 2.33. The number of hydrogen-bond acceptors (Lipinski definition) is 5. The molecule has 0 spiro atoms. The van der Waals surface area contributed by atoms with Crippen LogP contribution in [0.2, 0.25) is 5.02 Å². The Kier molecular flexibility index (Phi) is 6.81. The quantitative estimate of drug-likeness (QED) is 0.404. The molecule has 164 valence electrons. The number of hydrogen-bond donors (Lipinski definition) is 0. The molecule has 0 fully saturated rings. The Morgan fingerprint density at radius 1 is 1.09 bits per heavy atom. The van der Waals surface area contributed by atoms with E-state index < -0.39 is 5.97 Å². The molecule has 0 unspecified atom stereocenters. The highest BCUT2D eigenvalue weighted by Gasteiger charge is 2.22. The van der Waals surface area contributed by atoms with E-state index in [9.17, 15) is 9.18 Å². The summed E-state index contributed by atoms with van der Waals surface area (Å²) in [6, 6.07) is 13.5. The van der Waals surface area contributed by atoms with Gasteiger partial charge in [-0.05, 0) is 79.3 Å². The number of halogens is 2. The van der Waals surface area contributed by atoms with Crippen molar-refractivity contribution in [3.8, 4) is 5.75 Å². The van der Waals surface area contributed by atoms with Crippen molar-refractivity contribution in [1.29, 1.82) is 0 Å². The van der Waals surface area contributed by atoms with E-state index in [1.54, 1.807) is 37.4 Å². The van der Waals surface area contributed by atoms with Crippen LogP contribution in [-0.2, 0) is 11.3 Å². The molecule has 0 amide bonds. The van der Waals surface area contributed by atoms with E-state index in [2.05, 4.69) is 10.2 Å². The van der Waals surface area contributed by atoms with Crippen molar-refractivity contribution in [2.45, 2.75) is 32.8 Å². The molecule has 5 nitrogen and oxygen atoms in total. The van der Waals surface area contributed by atoms with Crippen molar-refractivity contribution in [3.63, 3.8) is 0 Å². The lowest BCUT2D eigenvalue weighted by Gasteiger charge is -2.15. The first kappa shape index (κ1) is 22.0. The van der Waals surface area contributed by atoms with Crippen LogP contribution in [0, 0.1) is 5.82 Å². The average molecular weight is 453 g/mol. The summed E-state index contributed by atoms with van der Waals surface area (Å²) < 4.78 is 24.3. The topological polar surface area (TPSA) is 61.3 Å². The van der Waals surface area contributed by atoms with Crippen molar-refractivity contribution in [1.82, 2.24) is 10.2 Å². The van der Waals surface area contributed by atoms with Gasteiger partial charge in [0.2, 0.25) is 0 Å². The molecule has 1 aliphatic rings. The van der Waals surface area contributed by atoms with Crippen LogP contribution in [0.5, 0.6) is 5.75 Å². The summed E-state index contributed by atoms with van der Waals surface area (Å²) in [5.74, 6) is -0.0799. The molecule has 1 aliphatic carbocycles. The minimum atomic E-state index is -0.493. The molecule has 0 N–H and O–H groups in total. The van der Waals surface area contributed by atoms with E-state index >= 15 is 0 Å². The van der Waals surface area contributed by atoms with Gasteiger partial charge in [-0.1, -0.05) is 23.7 Å². The van der Waals surface area contributed by atoms with Gasteiger partial charge >= 0.3 is 5.97 Å². The van der Waals surface area contributed by atoms with E-state index in [0.717, 1.165) is 47.1 Å². The summed E-state index contributed by atoms with van der Waals surface area (Å²) in [7, 11) is 0. The van der Waals surface area contributed by atoms with Crippen molar-refractivity contribution in [2.75, 3.05) is 6.61 Å². The van der Waals surface area contributed by atoms with Gasteiger partial charge in [0.05, 0.1) is 12.8 Å². The van der Waals surface area contributed by atoms with Crippen molar-refractivity contribution >= 4 is 28.7 Å². The maximum atomic E-state index is 13.2. The molecule has 1 heterocycles. The van der Waals surface area contributed by atoms with E-state index in [-0.39, 0.29) is 18.1 Å². The fraction of sp³-hybridized carbons (Fsp3) is 0.240. The highest BCUT2D eigenvalue weighted by Crippen LogP contribution is 2.43. The second kappa shape index (κ2) is 9.92. The zero-order valence-electron chi connectivity index (χ0n) is 17.6. The number of carbonyl (C=O) groups excluding carboxylic acids is 1. The second-order valence-electron chi connectivity index (χ2n) is 7.42. The zero-order valence-corrected chi connectivity index (χ0v) is 18.4. The van der Waals surface area contributed by atoms with Gasteiger partial charge in [0.25, 0.3) is 0 Å². The Hall–Kier alpha value is -3.25. The predicted molar refractivity (Wildman–Crippen MR) is 121 cm³/mol. The first-order valence-corrected chi connectivity index (χ1v) is 10.8. The van der Waals surface area contributed by atoms with Crippen molar-refractivity contribution < 1.29 is 18.7 Å². The Labute approximate surface area is 190 Å². The minimum Gasteiger partial charge on any atom is -0.488 e. The third-order valence-electron chi connectivity index (χ3n) is 5.28. The molecule has 0 saturated heterocycles. The molecule has 1 aromatic heterocycles. The molecule has 2 aromatic carbocycles. The highest BCUT2D eigenvalue weighted by atomic mass is 35.5. The number of allylic oxidation sites excluding steroid dienone is 2. The van der Waals surface area contributed by atoms with Crippen LogP contribution < -0.4 is 4.74 Å². The van der Waals surface area contributed by atoms with Crippen LogP contribution in [-0.4, -0.2) is 22.8 Å². The van der Waals surface area contributed by atoms with Gasteiger partial charge in [0.1, 0.15) is 18.2 Å². The minimum absolute atomic E-state index is 0.182. The van der Waals surface area contributed by atoms with Crippen LogP contribution in [0.1, 0.15) is 53.4 Å². The average Bonchev–Trinajstić information content (AvgIpc) is 3.29. The zero-order chi connectivity index (χ0) is 22.5. The highest BCUT2D eigenvalue weighted by molar-refractivity contribution is 6.30. The maximum Gasteiger partial charge on any atom is 0.358 e. The van der Waals surface area contributed by atoms with E-state index in [1.807, 2.05) is 12.1 Å². The molecular formula is C25H22ClFN2O3. The number of ether oxygens (including phenoxy) is 2. The Morgan fingerprint density at radius 3 is 2.66 bits per heavy atom. The lowest BCUT2D eigenvalue weighted by Crippen LogP contribution is -2.08. The Balaban J connectivity index is 1.68. The van der Waals surface area contributed by atoms with Crippen molar-refractivity contribution in [3.05, 3.63) is 88.0 Å². The summed E-state index contributed by atoms with van der Waals surface area (Å²) in [5, 5.41) is 8.52. The van der Waals surface area contributed by atoms with Gasteiger partial charge < -0.3 is 9.47 Å². The number of rotatable bonds is 7. The molecule has 0 saturated carbocycles. The number of carbonyl (C=O) groups is 1. The first-order valence-electron chi connectivity index (χ1n) is 10.4. The number of aromatic nitrogens is 2. The summed E-state index contributed by atoms with van der Waals surface area (Å²) in [6.07, 6.45) is 4.31. The van der Waals surface area contributed by atoms with Gasteiger partial charge in [-0.3, -0.25) is 0 Å². The van der Waals surface area contributed by atoms with Crippen LogP contribution in [0.3, 0.4) is 0 Å². The van der Waals surface area contributed by atoms with Gasteiger partial charge in [0.15, 0.2) is 5.69 Å². The summed E-state index contributed by atoms with van der Waals surface area (Å²) in [5.41, 5.74) is 4.97. The Morgan fingerprint density at radius 2 is 1.88 bits per heavy atom. The second-order valence-corrected chi connectivity index (χ2v) is 7.85. The number of esters is 1. The normalized spacial score (nSPS) is 13.3. The molecule has 0 atom stereocenters. The summed E-state index contributed by atoms with van der Waals surface area (Å²) in [4.78, 5) is 12.1. The third kappa shape index (κ3) is 4.97. The molecule has 0 radical (unpaired) electrons. The van der Waals surface area contributed by atoms with Crippen LogP contribution in [0.15, 0.2) is 54.7 Å². The molecule has 0 bridgehead atoms. The fourth-order valence-corrected chi connectivity index (χ4v) is 3.97. The maximum absolute atomic E-state index is 13.2. The monoisotopic (exact) mass is 452 g/mol.